The summed E-state index contributed by atoms with van der Waals surface area (Å²) in [5.74, 6) is 0.202. The quantitative estimate of drug-likeness (QED) is 0.842. The van der Waals surface area contributed by atoms with Crippen LogP contribution in [0.4, 0.5) is 5.95 Å². The van der Waals surface area contributed by atoms with Gasteiger partial charge in [-0.1, -0.05) is 0 Å². The van der Waals surface area contributed by atoms with Gasteiger partial charge in [0.25, 0.3) is 5.56 Å². The number of nitrogens with zero attached hydrogens (tertiary/aromatic N) is 3. The smallest absolute Gasteiger partial charge is 0.257 e. The van der Waals surface area contributed by atoms with Crippen LogP contribution in [0.3, 0.4) is 0 Å². The van der Waals surface area contributed by atoms with E-state index in [1.807, 2.05) is 13.1 Å². The number of nitrogen functional groups attached to an aromatic ring is 1. The molecule has 2 aromatic rings. The predicted molar refractivity (Wildman–Crippen MR) is 73.9 cm³/mol. The molecule has 19 heavy (non-hydrogen) atoms. The number of hydrogen-bond acceptors (Lipinski definition) is 6. The minimum absolute atomic E-state index is 0.123. The zero-order chi connectivity index (χ0) is 13.4. The highest BCUT2D eigenvalue weighted by Crippen LogP contribution is 2.19. The Labute approximate surface area is 114 Å². The fourth-order valence-corrected chi connectivity index (χ4v) is 3.13. The Morgan fingerprint density at radius 3 is 3.16 bits per heavy atom. The summed E-state index contributed by atoms with van der Waals surface area (Å²) in [4.78, 5) is 26.4. The van der Waals surface area contributed by atoms with E-state index in [1.54, 1.807) is 11.3 Å². The van der Waals surface area contributed by atoms with Gasteiger partial charge in [0.05, 0.1) is 17.8 Å². The van der Waals surface area contributed by atoms with Crippen LogP contribution in [0.2, 0.25) is 0 Å². The zero-order valence-corrected chi connectivity index (χ0v) is 11.5. The van der Waals surface area contributed by atoms with E-state index >= 15 is 0 Å². The summed E-state index contributed by atoms with van der Waals surface area (Å²) < 4.78 is 0. The number of aromatic amines is 1. The van der Waals surface area contributed by atoms with Crippen molar-refractivity contribution in [3.63, 3.8) is 0 Å². The van der Waals surface area contributed by atoms with Crippen molar-refractivity contribution in [1.82, 2.24) is 19.9 Å². The summed E-state index contributed by atoms with van der Waals surface area (Å²) in [6, 6.07) is 0. The van der Waals surface area contributed by atoms with E-state index in [2.05, 4.69) is 19.9 Å². The second kappa shape index (κ2) is 4.75. The number of anilines is 1. The molecule has 0 unspecified atom stereocenters. The van der Waals surface area contributed by atoms with Crippen LogP contribution in [-0.4, -0.2) is 26.4 Å². The largest absolute Gasteiger partial charge is 0.369 e. The van der Waals surface area contributed by atoms with Crippen molar-refractivity contribution in [1.29, 1.82) is 0 Å². The monoisotopic (exact) mass is 277 g/mol. The Kier molecular flexibility index (Phi) is 3.08. The number of aryl methyl sites for hydroxylation is 1. The number of aromatic nitrogens is 3. The first-order valence-electron chi connectivity index (χ1n) is 6.13. The average molecular weight is 277 g/mol. The number of H-pyrrole nitrogens is 1. The Hall–Kier alpha value is -1.73. The standard InChI is InChI=1S/C12H15N5OS/c1-7-4-14-10(19-7)6-17-3-2-9-8(5-17)11(18)16-12(13)15-9/h4H,2-3,5-6H2,1H3,(H3,13,15,16,18). The minimum Gasteiger partial charge on any atom is -0.369 e. The molecule has 1 aliphatic heterocycles. The van der Waals surface area contributed by atoms with E-state index in [1.165, 1.54) is 4.88 Å². The first-order chi connectivity index (χ1) is 9.11. The van der Waals surface area contributed by atoms with Crippen molar-refractivity contribution in [3.8, 4) is 0 Å². The van der Waals surface area contributed by atoms with Crippen molar-refractivity contribution < 1.29 is 0 Å². The summed E-state index contributed by atoms with van der Waals surface area (Å²) in [5, 5.41) is 1.08. The Balaban J connectivity index is 1.80. The lowest BCUT2D eigenvalue weighted by atomic mass is 10.1. The molecule has 1 aliphatic rings. The molecule has 3 rings (SSSR count). The normalized spacial score (nSPS) is 15.4. The van der Waals surface area contributed by atoms with Crippen LogP contribution in [0.1, 0.15) is 21.1 Å². The van der Waals surface area contributed by atoms with Crippen LogP contribution >= 0.6 is 11.3 Å². The van der Waals surface area contributed by atoms with Gasteiger partial charge in [0.1, 0.15) is 5.01 Å². The molecule has 6 nitrogen and oxygen atoms in total. The second-order valence-corrected chi connectivity index (χ2v) is 6.02. The molecule has 0 atom stereocenters. The molecule has 2 aromatic heterocycles. The Bertz CT molecular complexity index is 662. The number of hydrogen-bond donors (Lipinski definition) is 2. The maximum atomic E-state index is 11.9. The first kappa shape index (κ1) is 12.3. The molecule has 0 saturated carbocycles. The van der Waals surface area contributed by atoms with Gasteiger partial charge in [0, 0.05) is 30.6 Å². The molecule has 0 spiro atoms. The van der Waals surface area contributed by atoms with Crippen molar-refractivity contribution >= 4 is 17.3 Å². The van der Waals surface area contributed by atoms with E-state index in [0.29, 0.717) is 6.54 Å². The molecule has 0 amide bonds. The zero-order valence-electron chi connectivity index (χ0n) is 10.6. The summed E-state index contributed by atoms with van der Waals surface area (Å²) >= 11 is 1.69. The maximum Gasteiger partial charge on any atom is 0.257 e. The van der Waals surface area contributed by atoms with Crippen LogP contribution in [0.25, 0.3) is 0 Å². The van der Waals surface area contributed by atoms with Crippen LogP contribution in [0.5, 0.6) is 0 Å². The van der Waals surface area contributed by atoms with Crippen LogP contribution < -0.4 is 11.3 Å². The van der Waals surface area contributed by atoms with Crippen molar-refractivity contribution in [2.24, 2.45) is 0 Å². The van der Waals surface area contributed by atoms with Gasteiger partial charge in [0.15, 0.2) is 0 Å². The number of thiazole rings is 1. The van der Waals surface area contributed by atoms with E-state index < -0.39 is 0 Å². The fraction of sp³-hybridized carbons (Fsp3) is 0.417. The number of rotatable bonds is 2. The van der Waals surface area contributed by atoms with Gasteiger partial charge in [-0.05, 0) is 6.92 Å². The van der Waals surface area contributed by atoms with E-state index in [-0.39, 0.29) is 11.5 Å². The summed E-state index contributed by atoms with van der Waals surface area (Å²) in [5.41, 5.74) is 6.99. The fourth-order valence-electron chi connectivity index (χ4n) is 2.30. The van der Waals surface area contributed by atoms with Gasteiger partial charge in [-0.3, -0.25) is 14.7 Å². The third kappa shape index (κ3) is 2.52. The second-order valence-electron chi connectivity index (χ2n) is 4.70. The molecule has 0 fully saturated rings. The molecule has 0 aromatic carbocycles. The molecule has 100 valence electrons. The van der Waals surface area contributed by atoms with Gasteiger partial charge in [-0.15, -0.1) is 11.3 Å². The highest BCUT2D eigenvalue weighted by molar-refractivity contribution is 7.11. The van der Waals surface area contributed by atoms with Gasteiger partial charge >= 0.3 is 0 Å². The SMILES string of the molecule is Cc1cnc(CN2CCc3nc(N)[nH]c(=O)c3C2)s1. The minimum atomic E-state index is -0.123. The van der Waals surface area contributed by atoms with Gasteiger partial charge < -0.3 is 5.73 Å². The maximum absolute atomic E-state index is 11.9. The lowest BCUT2D eigenvalue weighted by Crippen LogP contribution is -2.35. The number of fused-ring (bicyclic) bond motifs is 1. The van der Waals surface area contributed by atoms with Crippen LogP contribution in [0.15, 0.2) is 11.0 Å². The molecule has 0 saturated heterocycles. The van der Waals surface area contributed by atoms with Crippen LogP contribution in [-0.2, 0) is 19.5 Å². The third-order valence-corrected chi connectivity index (χ3v) is 4.09. The molecule has 3 heterocycles. The number of nitrogens with two attached hydrogens (primary N) is 1. The van der Waals surface area contributed by atoms with Crippen molar-refractivity contribution in [2.75, 3.05) is 12.3 Å². The molecule has 0 aliphatic carbocycles. The van der Waals surface area contributed by atoms with Crippen molar-refractivity contribution in [3.05, 3.63) is 37.7 Å². The Morgan fingerprint density at radius 2 is 2.42 bits per heavy atom. The van der Waals surface area contributed by atoms with Gasteiger partial charge in [-0.2, -0.15) is 0 Å². The summed E-state index contributed by atoms with van der Waals surface area (Å²) in [7, 11) is 0. The van der Waals surface area contributed by atoms with Crippen LogP contribution in [0, 0.1) is 6.92 Å². The molecular formula is C12H15N5OS. The summed E-state index contributed by atoms with van der Waals surface area (Å²) in [6.45, 7) is 4.31. The third-order valence-electron chi connectivity index (χ3n) is 3.19. The lowest BCUT2D eigenvalue weighted by Gasteiger charge is -2.26. The highest BCUT2D eigenvalue weighted by atomic mass is 32.1. The summed E-state index contributed by atoms with van der Waals surface area (Å²) in [6.07, 6.45) is 2.64. The van der Waals surface area contributed by atoms with E-state index in [4.69, 9.17) is 5.73 Å². The van der Waals surface area contributed by atoms with Gasteiger partial charge in [-0.25, -0.2) is 9.97 Å². The molecule has 0 radical (unpaired) electrons. The van der Waals surface area contributed by atoms with Gasteiger partial charge in [0.2, 0.25) is 5.95 Å². The van der Waals surface area contributed by atoms with E-state index in [9.17, 15) is 4.79 Å². The molecule has 0 bridgehead atoms. The molecule has 7 heteroatoms. The number of nitrogens with one attached hydrogen (secondary N) is 1. The molecule has 3 N–H and O–H groups in total. The van der Waals surface area contributed by atoms with Crippen molar-refractivity contribution in [2.45, 2.75) is 26.4 Å². The molecular weight excluding hydrogens is 262 g/mol. The Morgan fingerprint density at radius 1 is 1.58 bits per heavy atom. The van der Waals surface area contributed by atoms with E-state index in [0.717, 1.165) is 35.8 Å². The first-order valence-corrected chi connectivity index (χ1v) is 6.94. The average Bonchev–Trinajstić information content (AvgIpc) is 2.75. The predicted octanol–water partition coefficient (Wildman–Crippen LogP) is 0.675. The topological polar surface area (TPSA) is 87.9 Å². The lowest BCUT2D eigenvalue weighted by molar-refractivity contribution is 0.241. The highest BCUT2D eigenvalue weighted by Gasteiger charge is 2.21.